The highest BCUT2D eigenvalue weighted by molar-refractivity contribution is 7.13. The Morgan fingerprint density at radius 3 is 2.71 bits per heavy atom. The van der Waals surface area contributed by atoms with Crippen molar-refractivity contribution in [1.82, 2.24) is 15.0 Å². The smallest absolute Gasteiger partial charge is 0.283 e. The summed E-state index contributed by atoms with van der Waals surface area (Å²) < 4.78 is 1.56. The molecule has 0 unspecified atom stereocenters. The molecule has 1 aromatic carbocycles. The monoisotopic (exact) mass is 340 g/mol. The van der Waals surface area contributed by atoms with Crippen LogP contribution in [0.1, 0.15) is 37.7 Å². The number of carbonyl (C=O) groups is 2. The van der Waals surface area contributed by atoms with E-state index in [2.05, 4.69) is 15.5 Å². The Balaban J connectivity index is 1.85. The second-order valence-corrected chi connectivity index (χ2v) is 6.54. The summed E-state index contributed by atoms with van der Waals surface area (Å²) >= 11 is 1.33. The Hall–Kier alpha value is -2.80. The van der Waals surface area contributed by atoms with Gasteiger partial charge in [-0.3, -0.25) is 14.2 Å². The van der Waals surface area contributed by atoms with Crippen molar-refractivity contribution in [3.63, 3.8) is 0 Å². The fraction of sp³-hybridized carbons (Fsp3) is 0.176. The van der Waals surface area contributed by atoms with Gasteiger partial charge in [-0.1, -0.05) is 18.2 Å². The van der Waals surface area contributed by atoms with Gasteiger partial charge in [-0.05, 0) is 19.9 Å². The van der Waals surface area contributed by atoms with E-state index in [9.17, 15) is 9.59 Å². The summed E-state index contributed by atoms with van der Waals surface area (Å²) in [7, 11) is 0. The third-order valence-electron chi connectivity index (χ3n) is 3.56. The Morgan fingerprint density at radius 2 is 2.04 bits per heavy atom. The van der Waals surface area contributed by atoms with Crippen LogP contribution in [-0.2, 0) is 0 Å². The van der Waals surface area contributed by atoms with Gasteiger partial charge in [-0.2, -0.15) is 5.10 Å². The van der Waals surface area contributed by atoms with Crippen LogP contribution in [0.5, 0.6) is 0 Å². The lowest BCUT2D eigenvalue weighted by atomic mass is 10.2. The molecule has 0 spiro atoms. The Labute approximate surface area is 142 Å². The molecule has 24 heavy (non-hydrogen) atoms. The number of carbonyl (C=O) groups excluding carboxylic acids is 2. The molecule has 7 heteroatoms. The molecule has 122 valence electrons. The van der Waals surface area contributed by atoms with Gasteiger partial charge >= 0.3 is 0 Å². The summed E-state index contributed by atoms with van der Waals surface area (Å²) in [6.45, 7) is 5.15. The summed E-state index contributed by atoms with van der Waals surface area (Å²) in [5.41, 5.74) is 4.78. The van der Waals surface area contributed by atoms with Gasteiger partial charge in [0.25, 0.3) is 5.91 Å². The number of amides is 1. The molecule has 0 saturated carbocycles. The second kappa shape index (κ2) is 6.37. The molecule has 2 heterocycles. The number of rotatable bonds is 3. The Bertz CT molecular complexity index is 968. The van der Waals surface area contributed by atoms with E-state index in [-0.39, 0.29) is 11.8 Å². The Morgan fingerprint density at radius 1 is 1.29 bits per heavy atom. The molecule has 0 saturated heterocycles. The molecule has 0 radical (unpaired) electrons. The van der Waals surface area contributed by atoms with Crippen LogP contribution in [0.15, 0.2) is 35.6 Å². The lowest BCUT2D eigenvalue weighted by molar-refractivity contribution is 0.0938. The quantitative estimate of drug-likeness (QED) is 0.588. The predicted octanol–water partition coefficient (Wildman–Crippen LogP) is 3.14. The normalized spacial score (nSPS) is 11.3. The number of hydrazone groups is 1. The van der Waals surface area contributed by atoms with Crippen LogP contribution >= 0.6 is 11.3 Å². The molecule has 3 aromatic rings. The standard InChI is InChI=1S/C17H16N4O2S/c1-10-16(24-11(2)19-10)17(23)20-18-8-13-9-21(12(3)22)15-7-5-4-6-14(13)15/h4-9H,1-3H3,(H,20,23). The fourth-order valence-electron chi connectivity index (χ4n) is 2.52. The molecule has 0 aliphatic rings. The van der Waals surface area contributed by atoms with Crippen LogP contribution in [0.2, 0.25) is 0 Å². The molecule has 0 fully saturated rings. The van der Waals surface area contributed by atoms with Crippen LogP contribution in [0.25, 0.3) is 10.9 Å². The summed E-state index contributed by atoms with van der Waals surface area (Å²) in [4.78, 5) is 28.6. The maximum absolute atomic E-state index is 12.1. The summed E-state index contributed by atoms with van der Waals surface area (Å²) in [6, 6.07) is 7.55. The van der Waals surface area contributed by atoms with Gasteiger partial charge in [0, 0.05) is 24.1 Å². The Kier molecular flexibility index (Phi) is 4.26. The summed E-state index contributed by atoms with van der Waals surface area (Å²) in [6.07, 6.45) is 3.26. The van der Waals surface area contributed by atoms with Crippen LogP contribution < -0.4 is 5.43 Å². The fourth-order valence-corrected chi connectivity index (χ4v) is 3.33. The number of nitrogens with one attached hydrogen (secondary N) is 1. The number of nitrogens with zero attached hydrogens (tertiary/aromatic N) is 3. The predicted molar refractivity (Wildman–Crippen MR) is 94.9 cm³/mol. The van der Waals surface area contributed by atoms with E-state index in [0.717, 1.165) is 21.5 Å². The second-order valence-electron chi connectivity index (χ2n) is 5.34. The minimum Gasteiger partial charge on any atom is -0.287 e. The average molecular weight is 340 g/mol. The highest BCUT2D eigenvalue weighted by atomic mass is 32.1. The first-order valence-corrected chi connectivity index (χ1v) is 8.17. The number of hydrogen-bond donors (Lipinski definition) is 1. The van der Waals surface area contributed by atoms with E-state index in [1.807, 2.05) is 31.2 Å². The van der Waals surface area contributed by atoms with Crippen LogP contribution in [-0.4, -0.2) is 27.6 Å². The number of fused-ring (bicyclic) bond motifs is 1. The molecule has 0 atom stereocenters. The number of aromatic nitrogens is 2. The maximum atomic E-state index is 12.1. The van der Waals surface area contributed by atoms with Crippen LogP contribution in [0.3, 0.4) is 0 Å². The third kappa shape index (κ3) is 2.98. The maximum Gasteiger partial charge on any atom is 0.283 e. The zero-order chi connectivity index (χ0) is 17.3. The topological polar surface area (TPSA) is 76.3 Å². The van der Waals surface area contributed by atoms with Crippen molar-refractivity contribution in [2.24, 2.45) is 5.10 Å². The van der Waals surface area contributed by atoms with Crippen molar-refractivity contribution >= 4 is 40.3 Å². The first-order chi connectivity index (χ1) is 11.5. The van der Waals surface area contributed by atoms with E-state index in [0.29, 0.717) is 10.6 Å². The minimum absolute atomic E-state index is 0.0781. The molecule has 1 amide bonds. The number of benzene rings is 1. The molecular weight excluding hydrogens is 324 g/mol. The van der Waals surface area contributed by atoms with Gasteiger partial charge < -0.3 is 0 Å². The van der Waals surface area contributed by atoms with E-state index >= 15 is 0 Å². The lowest BCUT2D eigenvalue weighted by Crippen LogP contribution is -2.17. The molecule has 0 bridgehead atoms. The summed E-state index contributed by atoms with van der Waals surface area (Å²) in [5, 5.41) is 5.76. The lowest BCUT2D eigenvalue weighted by Gasteiger charge is -1.97. The van der Waals surface area contributed by atoms with Gasteiger partial charge in [0.05, 0.1) is 22.4 Å². The van der Waals surface area contributed by atoms with E-state index < -0.39 is 0 Å². The number of aryl methyl sites for hydroxylation is 2. The summed E-state index contributed by atoms with van der Waals surface area (Å²) in [5.74, 6) is -0.365. The molecule has 0 aliphatic heterocycles. The average Bonchev–Trinajstić information content (AvgIpc) is 3.08. The zero-order valence-corrected chi connectivity index (χ0v) is 14.3. The largest absolute Gasteiger partial charge is 0.287 e. The first kappa shape index (κ1) is 16.1. The molecular formula is C17H16N4O2S. The van der Waals surface area contributed by atoms with Crippen molar-refractivity contribution in [2.45, 2.75) is 20.8 Å². The van der Waals surface area contributed by atoms with E-state index in [1.54, 1.807) is 23.9 Å². The third-order valence-corrected chi connectivity index (χ3v) is 4.63. The number of thiazole rings is 1. The van der Waals surface area contributed by atoms with E-state index in [1.165, 1.54) is 18.3 Å². The van der Waals surface area contributed by atoms with Crippen molar-refractivity contribution in [1.29, 1.82) is 0 Å². The molecule has 2 aromatic heterocycles. The van der Waals surface area contributed by atoms with Crippen molar-refractivity contribution in [3.05, 3.63) is 51.6 Å². The van der Waals surface area contributed by atoms with Crippen molar-refractivity contribution in [3.8, 4) is 0 Å². The van der Waals surface area contributed by atoms with Crippen molar-refractivity contribution in [2.75, 3.05) is 0 Å². The molecule has 3 rings (SSSR count). The van der Waals surface area contributed by atoms with Gasteiger partial charge in [-0.15, -0.1) is 11.3 Å². The van der Waals surface area contributed by atoms with Gasteiger partial charge in [0.1, 0.15) is 4.88 Å². The SMILES string of the molecule is CC(=O)n1cc(C=NNC(=O)c2sc(C)nc2C)c2ccccc21. The zero-order valence-electron chi connectivity index (χ0n) is 13.5. The highest BCUT2D eigenvalue weighted by Gasteiger charge is 2.13. The number of para-hydroxylation sites is 1. The molecule has 0 aliphatic carbocycles. The first-order valence-electron chi connectivity index (χ1n) is 7.36. The highest BCUT2D eigenvalue weighted by Crippen LogP contribution is 2.20. The van der Waals surface area contributed by atoms with Gasteiger partial charge in [0.15, 0.2) is 0 Å². The number of hydrogen-bond acceptors (Lipinski definition) is 5. The molecule has 6 nitrogen and oxygen atoms in total. The van der Waals surface area contributed by atoms with Crippen LogP contribution in [0, 0.1) is 13.8 Å². The van der Waals surface area contributed by atoms with Crippen LogP contribution in [0.4, 0.5) is 0 Å². The van der Waals surface area contributed by atoms with E-state index in [4.69, 9.17) is 0 Å². The minimum atomic E-state index is -0.287. The van der Waals surface area contributed by atoms with Gasteiger partial charge in [0.2, 0.25) is 5.91 Å². The van der Waals surface area contributed by atoms with Crippen molar-refractivity contribution < 1.29 is 9.59 Å². The van der Waals surface area contributed by atoms with Gasteiger partial charge in [-0.25, -0.2) is 10.4 Å². The molecule has 1 N–H and O–H groups in total.